The number of carbonyl (C=O) groups is 1. The molecule has 140 valence electrons. The molecule has 1 amide bonds. The topological polar surface area (TPSA) is 47.6 Å². The van der Waals surface area contributed by atoms with Crippen LogP contribution in [0.3, 0.4) is 0 Å². The number of thioether (sulfide) groups is 1. The van der Waals surface area contributed by atoms with Gasteiger partial charge in [0.05, 0.1) is 13.7 Å². The van der Waals surface area contributed by atoms with Crippen molar-refractivity contribution in [1.82, 2.24) is 5.48 Å². The molecule has 0 aliphatic rings. The highest BCUT2D eigenvalue weighted by molar-refractivity contribution is 8.00. The van der Waals surface area contributed by atoms with Crippen LogP contribution in [0.5, 0.6) is 5.75 Å². The summed E-state index contributed by atoms with van der Waals surface area (Å²) in [5, 5.41) is -1.88. The maximum absolute atomic E-state index is 13.2. The summed E-state index contributed by atoms with van der Waals surface area (Å²) < 4.78 is 44.7. The van der Waals surface area contributed by atoms with E-state index in [1.54, 1.807) is 36.4 Å². The molecule has 1 N–H and O–H groups in total. The number of hydrogen-bond acceptors (Lipinski definition) is 4. The Kier molecular flexibility index (Phi) is 7.35. The van der Waals surface area contributed by atoms with E-state index in [2.05, 4.69) is 5.48 Å². The first-order valence-electron chi connectivity index (χ1n) is 7.70. The highest BCUT2D eigenvalue weighted by Gasteiger charge is 2.41. The summed E-state index contributed by atoms with van der Waals surface area (Å²) in [5.41, 5.74) is 2.86. The average molecular weight is 385 g/mol. The van der Waals surface area contributed by atoms with E-state index in [-0.39, 0.29) is 6.61 Å². The second-order valence-electron chi connectivity index (χ2n) is 5.33. The van der Waals surface area contributed by atoms with Gasteiger partial charge in [-0.15, -0.1) is 11.8 Å². The summed E-state index contributed by atoms with van der Waals surface area (Å²) in [6, 6.07) is 15.2. The lowest BCUT2D eigenvalue weighted by atomic mass is 10.2. The van der Waals surface area contributed by atoms with Gasteiger partial charge in [0, 0.05) is 11.3 Å². The van der Waals surface area contributed by atoms with E-state index >= 15 is 0 Å². The van der Waals surface area contributed by atoms with Crippen LogP contribution in [0.15, 0.2) is 59.5 Å². The number of hydrogen-bond donors (Lipinski definition) is 1. The highest BCUT2D eigenvalue weighted by atomic mass is 32.2. The molecule has 0 aliphatic carbocycles. The lowest BCUT2D eigenvalue weighted by Crippen LogP contribution is -2.33. The second kappa shape index (κ2) is 9.49. The van der Waals surface area contributed by atoms with E-state index < -0.39 is 23.8 Å². The number of rotatable bonds is 8. The number of nitrogens with one attached hydrogen (secondary N) is 1. The first-order valence-corrected chi connectivity index (χ1v) is 8.58. The molecule has 26 heavy (non-hydrogen) atoms. The molecule has 0 heterocycles. The molecule has 1 atom stereocenters. The van der Waals surface area contributed by atoms with Gasteiger partial charge in [-0.25, -0.2) is 5.48 Å². The fourth-order valence-electron chi connectivity index (χ4n) is 2.03. The van der Waals surface area contributed by atoms with E-state index in [4.69, 9.17) is 9.57 Å². The van der Waals surface area contributed by atoms with E-state index in [1.807, 2.05) is 6.07 Å². The van der Waals surface area contributed by atoms with Gasteiger partial charge in [-0.3, -0.25) is 9.63 Å². The summed E-state index contributed by atoms with van der Waals surface area (Å²) in [7, 11) is 1.47. The maximum Gasteiger partial charge on any atom is 0.401 e. The van der Waals surface area contributed by atoms with Gasteiger partial charge in [-0.2, -0.15) is 13.2 Å². The molecule has 0 aromatic heterocycles. The zero-order chi connectivity index (χ0) is 19.0. The van der Waals surface area contributed by atoms with Crippen LogP contribution in [-0.4, -0.2) is 24.4 Å². The Hall–Kier alpha value is -2.19. The van der Waals surface area contributed by atoms with Crippen LogP contribution in [0.1, 0.15) is 12.0 Å². The standard InChI is InChI=1S/C18H18F3NO3S/c1-24-14-7-9-15(10-8-14)26-16(18(19,20)21)11-17(23)22-25-12-13-5-3-2-4-6-13/h2-10,16H,11-12H2,1H3,(H,22,23)/t16-/m0/s1. The first kappa shape index (κ1) is 20.1. The lowest BCUT2D eigenvalue weighted by Gasteiger charge is -2.19. The van der Waals surface area contributed by atoms with Crippen molar-refractivity contribution in [1.29, 1.82) is 0 Å². The summed E-state index contributed by atoms with van der Waals surface area (Å²) in [6.07, 6.45) is -5.27. The van der Waals surface area contributed by atoms with E-state index in [9.17, 15) is 18.0 Å². The zero-order valence-corrected chi connectivity index (χ0v) is 14.8. The van der Waals surface area contributed by atoms with Crippen molar-refractivity contribution in [3.05, 3.63) is 60.2 Å². The molecule has 2 aromatic carbocycles. The Morgan fingerprint density at radius 1 is 1.12 bits per heavy atom. The minimum atomic E-state index is -4.53. The molecule has 0 spiro atoms. The van der Waals surface area contributed by atoms with Crippen molar-refractivity contribution in [2.45, 2.75) is 29.3 Å². The Morgan fingerprint density at radius 3 is 2.35 bits per heavy atom. The molecule has 0 radical (unpaired) electrons. The number of amides is 1. The molecule has 0 bridgehead atoms. The largest absolute Gasteiger partial charge is 0.497 e. The normalized spacial score (nSPS) is 12.5. The van der Waals surface area contributed by atoms with E-state index in [0.29, 0.717) is 22.4 Å². The molecule has 0 saturated heterocycles. The van der Waals surface area contributed by atoms with Crippen molar-refractivity contribution in [2.75, 3.05) is 7.11 Å². The summed E-state index contributed by atoms with van der Waals surface area (Å²) in [4.78, 5) is 17.2. The predicted molar refractivity (Wildman–Crippen MR) is 92.7 cm³/mol. The van der Waals surface area contributed by atoms with Crippen LogP contribution >= 0.6 is 11.8 Å². The number of ether oxygens (including phenoxy) is 1. The highest BCUT2D eigenvalue weighted by Crippen LogP contribution is 2.37. The van der Waals surface area contributed by atoms with Crippen molar-refractivity contribution < 1.29 is 27.5 Å². The fraction of sp³-hybridized carbons (Fsp3) is 0.278. The van der Waals surface area contributed by atoms with Crippen LogP contribution in [0.2, 0.25) is 0 Å². The van der Waals surface area contributed by atoms with Gasteiger partial charge >= 0.3 is 6.18 Å². The van der Waals surface area contributed by atoms with Crippen molar-refractivity contribution in [2.24, 2.45) is 0 Å². The number of benzene rings is 2. The Labute approximate surface area is 153 Å². The molecule has 0 unspecified atom stereocenters. The molecule has 4 nitrogen and oxygen atoms in total. The predicted octanol–water partition coefficient (Wildman–Crippen LogP) is 4.36. The summed E-state index contributed by atoms with van der Waals surface area (Å²) >= 11 is 0.576. The number of methoxy groups -OCH3 is 1. The van der Waals surface area contributed by atoms with Crippen LogP contribution in [0, 0.1) is 0 Å². The lowest BCUT2D eigenvalue weighted by molar-refractivity contribution is -0.147. The van der Waals surface area contributed by atoms with Crippen LogP contribution in [0.25, 0.3) is 0 Å². The monoisotopic (exact) mass is 385 g/mol. The molecule has 0 aliphatic heterocycles. The minimum Gasteiger partial charge on any atom is -0.497 e. The smallest absolute Gasteiger partial charge is 0.401 e. The van der Waals surface area contributed by atoms with Crippen LogP contribution < -0.4 is 10.2 Å². The number of carbonyl (C=O) groups excluding carboxylic acids is 1. The molecule has 8 heteroatoms. The Bertz CT molecular complexity index is 693. The third-order valence-corrected chi connectivity index (χ3v) is 4.60. The first-order chi connectivity index (χ1) is 12.4. The van der Waals surface area contributed by atoms with E-state index in [1.165, 1.54) is 19.2 Å². The number of hydroxylamine groups is 1. The maximum atomic E-state index is 13.2. The molecular formula is C18H18F3NO3S. The van der Waals surface area contributed by atoms with Gasteiger partial charge in [0.2, 0.25) is 5.91 Å². The van der Waals surface area contributed by atoms with Gasteiger partial charge in [0.25, 0.3) is 0 Å². The van der Waals surface area contributed by atoms with E-state index in [0.717, 1.165) is 5.56 Å². The van der Waals surface area contributed by atoms with Crippen molar-refractivity contribution in [3.8, 4) is 5.75 Å². The summed E-state index contributed by atoms with van der Waals surface area (Å²) in [5.74, 6) is -0.283. The molecule has 2 aromatic rings. The SMILES string of the molecule is COc1ccc(S[C@@H](CC(=O)NOCc2ccccc2)C(F)(F)F)cc1. The molecule has 0 fully saturated rings. The molecule has 2 rings (SSSR count). The van der Waals surface area contributed by atoms with Crippen molar-refractivity contribution in [3.63, 3.8) is 0 Å². The Morgan fingerprint density at radius 2 is 1.77 bits per heavy atom. The average Bonchev–Trinajstić information content (AvgIpc) is 2.62. The molecular weight excluding hydrogens is 367 g/mol. The molecule has 0 saturated carbocycles. The minimum absolute atomic E-state index is 0.0783. The zero-order valence-electron chi connectivity index (χ0n) is 14.0. The quantitative estimate of drug-likeness (QED) is 0.542. The van der Waals surface area contributed by atoms with Crippen molar-refractivity contribution >= 4 is 17.7 Å². The second-order valence-corrected chi connectivity index (χ2v) is 6.60. The van der Waals surface area contributed by atoms with Crippen LogP contribution in [-0.2, 0) is 16.2 Å². The third kappa shape index (κ3) is 6.61. The number of alkyl halides is 3. The van der Waals surface area contributed by atoms with Gasteiger partial charge in [-0.05, 0) is 29.8 Å². The summed E-state index contributed by atoms with van der Waals surface area (Å²) in [6.45, 7) is 0.0783. The van der Waals surface area contributed by atoms with Gasteiger partial charge in [-0.1, -0.05) is 30.3 Å². The van der Waals surface area contributed by atoms with Gasteiger partial charge in [0.15, 0.2) is 0 Å². The Balaban J connectivity index is 1.88. The third-order valence-electron chi connectivity index (χ3n) is 3.34. The number of halogens is 3. The van der Waals surface area contributed by atoms with Crippen LogP contribution in [0.4, 0.5) is 13.2 Å². The fourth-order valence-corrected chi connectivity index (χ4v) is 3.02. The van der Waals surface area contributed by atoms with Gasteiger partial charge < -0.3 is 4.74 Å². The van der Waals surface area contributed by atoms with Gasteiger partial charge in [0.1, 0.15) is 11.0 Å².